The van der Waals surface area contributed by atoms with Crippen molar-refractivity contribution >= 4 is 32.8 Å². The van der Waals surface area contributed by atoms with Crippen molar-refractivity contribution in [3.05, 3.63) is 27.3 Å². The molecule has 0 aliphatic rings. The molecule has 0 bridgehead atoms. The van der Waals surface area contributed by atoms with Crippen molar-refractivity contribution in [1.82, 2.24) is 0 Å². The molecule has 1 aromatic carbocycles. The Hall–Kier alpha value is -0.0331. The third kappa shape index (κ3) is 2.82. The number of aryl methyl sites for hydroxylation is 1. The number of rotatable bonds is 2. The number of benzene rings is 1. The van der Waals surface area contributed by atoms with E-state index in [1.165, 1.54) is 5.56 Å². The van der Waals surface area contributed by atoms with Crippen LogP contribution in [0.25, 0.3) is 0 Å². The SMILES string of the molecule is Oc1cc(I)cc(CC[Si])c1. The minimum atomic E-state index is 0.354. The molecular weight excluding hydrogens is 267 g/mol. The van der Waals surface area contributed by atoms with Gasteiger partial charge in [-0.15, -0.1) is 0 Å². The molecule has 0 saturated carbocycles. The zero-order valence-corrected chi connectivity index (χ0v) is 9.13. The highest BCUT2D eigenvalue weighted by Crippen LogP contribution is 2.17. The van der Waals surface area contributed by atoms with E-state index in [1.54, 1.807) is 12.1 Å². The highest BCUT2D eigenvalue weighted by molar-refractivity contribution is 14.1. The molecule has 0 saturated heterocycles. The van der Waals surface area contributed by atoms with Gasteiger partial charge in [0.2, 0.25) is 0 Å². The molecule has 57 valence electrons. The quantitative estimate of drug-likeness (QED) is 0.647. The smallest absolute Gasteiger partial charge is 0.116 e. The number of hydrogen-bond acceptors (Lipinski definition) is 1. The minimum absolute atomic E-state index is 0.354. The molecule has 0 fully saturated rings. The first-order valence-electron chi connectivity index (χ1n) is 3.35. The first-order chi connectivity index (χ1) is 5.22. The van der Waals surface area contributed by atoms with Crippen LogP contribution in [0.5, 0.6) is 5.75 Å². The average Bonchev–Trinajstić information content (AvgIpc) is 1.85. The second-order valence-electron chi connectivity index (χ2n) is 2.32. The second kappa shape index (κ2) is 4.11. The number of halogens is 1. The standard InChI is InChI=1S/C8H8IOSi/c9-7-3-6(1-2-11)4-8(10)5-7/h3-5,10H,1-2H2. The zero-order chi connectivity index (χ0) is 8.27. The molecule has 1 rings (SSSR count). The molecule has 3 heteroatoms. The van der Waals surface area contributed by atoms with Crippen LogP contribution in [0.2, 0.25) is 6.04 Å². The molecule has 1 aromatic rings. The first kappa shape index (κ1) is 9.06. The van der Waals surface area contributed by atoms with Crippen molar-refractivity contribution in [2.75, 3.05) is 0 Å². The predicted molar refractivity (Wildman–Crippen MR) is 55.1 cm³/mol. The fourth-order valence-electron chi connectivity index (χ4n) is 0.922. The van der Waals surface area contributed by atoms with E-state index in [9.17, 15) is 5.11 Å². The van der Waals surface area contributed by atoms with Crippen LogP contribution in [0.1, 0.15) is 5.56 Å². The molecule has 0 amide bonds. The molecule has 3 radical (unpaired) electrons. The summed E-state index contributed by atoms with van der Waals surface area (Å²) in [7, 11) is 3.40. The van der Waals surface area contributed by atoms with Gasteiger partial charge in [0, 0.05) is 13.8 Å². The highest BCUT2D eigenvalue weighted by Gasteiger charge is 1.96. The lowest BCUT2D eigenvalue weighted by Crippen LogP contribution is -1.84. The molecule has 0 aliphatic carbocycles. The summed E-state index contributed by atoms with van der Waals surface area (Å²) in [6.45, 7) is 0. The van der Waals surface area contributed by atoms with Crippen LogP contribution < -0.4 is 0 Å². The summed E-state index contributed by atoms with van der Waals surface area (Å²) in [4.78, 5) is 0. The Bertz CT molecular complexity index is 230. The maximum atomic E-state index is 9.20. The van der Waals surface area contributed by atoms with Crippen molar-refractivity contribution in [3.63, 3.8) is 0 Å². The number of aromatic hydroxyl groups is 1. The highest BCUT2D eigenvalue weighted by atomic mass is 127. The second-order valence-corrected chi connectivity index (χ2v) is 4.06. The Morgan fingerprint density at radius 1 is 1.36 bits per heavy atom. The number of hydrogen-bond donors (Lipinski definition) is 1. The first-order valence-corrected chi connectivity index (χ1v) is 5.14. The maximum Gasteiger partial charge on any atom is 0.116 e. The normalized spacial score (nSPS) is 10.0. The van der Waals surface area contributed by atoms with E-state index in [-0.39, 0.29) is 0 Å². The Labute approximate surface area is 83.4 Å². The third-order valence-corrected chi connectivity index (χ3v) is 2.23. The van der Waals surface area contributed by atoms with E-state index in [2.05, 4.69) is 38.9 Å². The summed E-state index contributed by atoms with van der Waals surface area (Å²) in [6, 6.07) is 6.54. The van der Waals surface area contributed by atoms with Crippen LogP contribution in [0.4, 0.5) is 0 Å². The van der Waals surface area contributed by atoms with Gasteiger partial charge < -0.3 is 5.11 Å². The summed E-state index contributed by atoms with van der Waals surface area (Å²) < 4.78 is 1.08. The van der Waals surface area contributed by atoms with Gasteiger partial charge in [-0.25, -0.2) is 0 Å². The monoisotopic (exact) mass is 275 g/mol. The number of phenolic OH excluding ortho intramolecular Hbond substituents is 1. The van der Waals surface area contributed by atoms with Gasteiger partial charge in [0.25, 0.3) is 0 Å². The minimum Gasteiger partial charge on any atom is -0.508 e. The van der Waals surface area contributed by atoms with Crippen LogP contribution in [0.3, 0.4) is 0 Å². The van der Waals surface area contributed by atoms with Gasteiger partial charge in [0.05, 0.1) is 0 Å². The third-order valence-electron chi connectivity index (χ3n) is 1.36. The van der Waals surface area contributed by atoms with E-state index < -0.39 is 0 Å². The van der Waals surface area contributed by atoms with Crippen LogP contribution in [-0.2, 0) is 6.42 Å². The van der Waals surface area contributed by atoms with Crippen molar-refractivity contribution in [2.24, 2.45) is 0 Å². The molecule has 1 nitrogen and oxygen atoms in total. The molecule has 11 heavy (non-hydrogen) atoms. The van der Waals surface area contributed by atoms with Crippen molar-refractivity contribution in [1.29, 1.82) is 0 Å². The molecule has 0 unspecified atom stereocenters. The maximum absolute atomic E-state index is 9.20. The van der Waals surface area contributed by atoms with E-state index in [1.807, 2.05) is 0 Å². The fraction of sp³-hybridized carbons (Fsp3) is 0.250. The lowest BCUT2D eigenvalue weighted by atomic mass is 10.2. The van der Waals surface area contributed by atoms with Gasteiger partial charge in [-0.1, -0.05) is 6.04 Å². The Morgan fingerprint density at radius 3 is 2.64 bits per heavy atom. The van der Waals surface area contributed by atoms with Gasteiger partial charge >= 0.3 is 0 Å². The van der Waals surface area contributed by atoms with Gasteiger partial charge in [-0.05, 0) is 52.8 Å². The van der Waals surface area contributed by atoms with Crippen molar-refractivity contribution in [3.8, 4) is 5.75 Å². The molecular formula is C8H8IOSi. The summed E-state index contributed by atoms with van der Waals surface area (Å²) in [5.41, 5.74) is 1.17. The van der Waals surface area contributed by atoms with Gasteiger partial charge in [-0.3, -0.25) is 0 Å². The van der Waals surface area contributed by atoms with E-state index in [0.29, 0.717) is 5.75 Å². The molecule has 0 aliphatic heterocycles. The molecule has 0 aromatic heterocycles. The summed E-state index contributed by atoms with van der Waals surface area (Å²) in [5.74, 6) is 0.354. The fourth-order valence-corrected chi connectivity index (χ4v) is 1.93. The van der Waals surface area contributed by atoms with Crippen LogP contribution >= 0.6 is 22.6 Å². The topological polar surface area (TPSA) is 20.2 Å². The average molecular weight is 275 g/mol. The van der Waals surface area contributed by atoms with Crippen LogP contribution in [-0.4, -0.2) is 15.3 Å². The lowest BCUT2D eigenvalue weighted by molar-refractivity contribution is 0.474. The van der Waals surface area contributed by atoms with Crippen molar-refractivity contribution < 1.29 is 5.11 Å². The number of phenols is 1. The summed E-state index contributed by atoms with van der Waals surface area (Å²) >= 11 is 2.19. The summed E-state index contributed by atoms with van der Waals surface area (Å²) in [6.07, 6.45) is 0.960. The van der Waals surface area contributed by atoms with E-state index in [4.69, 9.17) is 0 Å². The van der Waals surface area contributed by atoms with E-state index >= 15 is 0 Å². The largest absolute Gasteiger partial charge is 0.508 e. The molecule has 0 heterocycles. The Morgan fingerprint density at radius 2 is 2.09 bits per heavy atom. The van der Waals surface area contributed by atoms with Gasteiger partial charge in [0.15, 0.2) is 0 Å². The Kier molecular flexibility index (Phi) is 3.38. The van der Waals surface area contributed by atoms with E-state index in [0.717, 1.165) is 16.0 Å². The van der Waals surface area contributed by atoms with Crippen LogP contribution in [0.15, 0.2) is 18.2 Å². The lowest BCUT2D eigenvalue weighted by Gasteiger charge is -2.00. The predicted octanol–water partition coefficient (Wildman–Crippen LogP) is 2.13. The van der Waals surface area contributed by atoms with Gasteiger partial charge in [0.1, 0.15) is 5.75 Å². The zero-order valence-electron chi connectivity index (χ0n) is 5.97. The van der Waals surface area contributed by atoms with Crippen molar-refractivity contribution in [2.45, 2.75) is 12.5 Å². The van der Waals surface area contributed by atoms with Gasteiger partial charge in [-0.2, -0.15) is 0 Å². The summed E-state index contributed by atoms with van der Waals surface area (Å²) in [5, 5.41) is 9.20. The Balaban J connectivity index is 2.89. The molecule has 0 atom stereocenters. The molecule has 0 spiro atoms. The van der Waals surface area contributed by atoms with Crippen LogP contribution in [0, 0.1) is 3.57 Å². The molecule has 1 N–H and O–H groups in total.